The molecular weight excluding hydrogens is 274 g/mol. The van der Waals surface area contributed by atoms with E-state index >= 15 is 0 Å². The number of amides is 1. The number of imidazole rings is 1. The molecule has 1 saturated heterocycles. The molecule has 1 aliphatic heterocycles. The van der Waals surface area contributed by atoms with Gasteiger partial charge in [-0.05, 0) is 33.6 Å². The highest BCUT2D eigenvalue weighted by Crippen LogP contribution is 2.25. The molecule has 1 aromatic rings. The molecule has 1 N–H and O–H groups in total. The second kappa shape index (κ2) is 5.75. The summed E-state index contributed by atoms with van der Waals surface area (Å²) in [4.78, 5) is 28.6. The number of likely N-dealkylation sites (tertiary alicyclic amines) is 1. The van der Waals surface area contributed by atoms with Gasteiger partial charge in [-0.1, -0.05) is 0 Å². The number of carbonyl (C=O) groups excluding carboxylic acids is 1. The lowest BCUT2D eigenvalue weighted by atomic mass is 10.1. The zero-order chi connectivity index (χ0) is 15.6. The number of carboxylic acid groups (broad SMARTS) is 1. The van der Waals surface area contributed by atoms with Crippen LogP contribution in [0.3, 0.4) is 0 Å². The van der Waals surface area contributed by atoms with E-state index in [-0.39, 0.29) is 18.0 Å². The van der Waals surface area contributed by atoms with Crippen LogP contribution in [0.15, 0.2) is 12.4 Å². The topological polar surface area (TPSA) is 84.7 Å². The van der Waals surface area contributed by atoms with Gasteiger partial charge in [0.2, 0.25) is 5.82 Å². The van der Waals surface area contributed by atoms with Crippen LogP contribution in [0.2, 0.25) is 0 Å². The average Bonchev–Trinajstić information content (AvgIpc) is 2.86. The normalized spacial score (nSPS) is 16.8. The Morgan fingerprint density at radius 3 is 2.48 bits per heavy atom. The van der Waals surface area contributed by atoms with Crippen LogP contribution in [-0.2, 0) is 4.74 Å². The number of hydrogen-bond acceptors (Lipinski definition) is 4. The van der Waals surface area contributed by atoms with Crippen LogP contribution in [0.25, 0.3) is 0 Å². The third-order valence-corrected chi connectivity index (χ3v) is 3.37. The third kappa shape index (κ3) is 3.74. The number of rotatable bonds is 2. The predicted octanol–water partition coefficient (Wildman–Crippen LogP) is 2.15. The minimum Gasteiger partial charge on any atom is -0.475 e. The molecule has 21 heavy (non-hydrogen) atoms. The molecular formula is C14H21N3O4. The van der Waals surface area contributed by atoms with Gasteiger partial charge in [0.1, 0.15) is 5.60 Å². The molecule has 1 fully saturated rings. The third-order valence-electron chi connectivity index (χ3n) is 3.37. The SMILES string of the molecule is CC(C)(C)OC(=O)N1CCC(n2ccnc2C(=O)O)CC1. The van der Waals surface area contributed by atoms with Gasteiger partial charge in [0.15, 0.2) is 0 Å². The van der Waals surface area contributed by atoms with E-state index in [0.29, 0.717) is 25.9 Å². The maximum Gasteiger partial charge on any atom is 0.410 e. The van der Waals surface area contributed by atoms with Crippen molar-refractivity contribution >= 4 is 12.1 Å². The van der Waals surface area contributed by atoms with E-state index in [0.717, 1.165) is 0 Å². The van der Waals surface area contributed by atoms with Crippen molar-refractivity contribution in [3.05, 3.63) is 18.2 Å². The first kappa shape index (κ1) is 15.3. The molecule has 2 heterocycles. The first-order valence-corrected chi connectivity index (χ1v) is 7.02. The Bertz CT molecular complexity index is 525. The highest BCUT2D eigenvalue weighted by atomic mass is 16.6. The predicted molar refractivity (Wildman–Crippen MR) is 75.3 cm³/mol. The molecule has 7 heteroatoms. The van der Waals surface area contributed by atoms with E-state index in [1.807, 2.05) is 20.8 Å². The summed E-state index contributed by atoms with van der Waals surface area (Å²) in [5.74, 6) is -0.986. The largest absolute Gasteiger partial charge is 0.475 e. The molecule has 0 saturated carbocycles. The van der Waals surface area contributed by atoms with Crippen molar-refractivity contribution in [3.8, 4) is 0 Å². The number of carbonyl (C=O) groups is 2. The Hall–Kier alpha value is -2.05. The quantitative estimate of drug-likeness (QED) is 0.903. The van der Waals surface area contributed by atoms with Crippen LogP contribution >= 0.6 is 0 Å². The molecule has 7 nitrogen and oxygen atoms in total. The second-order valence-corrected chi connectivity index (χ2v) is 6.16. The average molecular weight is 295 g/mol. The van der Waals surface area contributed by atoms with Crippen LogP contribution in [0.5, 0.6) is 0 Å². The van der Waals surface area contributed by atoms with E-state index in [1.54, 1.807) is 15.7 Å². The molecule has 0 atom stereocenters. The van der Waals surface area contributed by atoms with Crippen LogP contribution in [0.4, 0.5) is 4.79 Å². The molecule has 0 spiro atoms. The van der Waals surface area contributed by atoms with E-state index in [2.05, 4.69) is 4.98 Å². The fraction of sp³-hybridized carbons (Fsp3) is 0.643. The Kier molecular flexibility index (Phi) is 4.20. The van der Waals surface area contributed by atoms with Crippen molar-refractivity contribution in [1.82, 2.24) is 14.5 Å². The van der Waals surface area contributed by atoms with Crippen LogP contribution < -0.4 is 0 Å². The number of carboxylic acids is 1. The summed E-state index contributed by atoms with van der Waals surface area (Å²) in [6, 6.07) is 0.0530. The summed E-state index contributed by atoms with van der Waals surface area (Å²) >= 11 is 0. The second-order valence-electron chi connectivity index (χ2n) is 6.16. The van der Waals surface area contributed by atoms with Crippen LogP contribution in [0.1, 0.15) is 50.3 Å². The van der Waals surface area contributed by atoms with Crippen molar-refractivity contribution in [2.75, 3.05) is 13.1 Å². The number of aromatic nitrogens is 2. The van der Waals surface area contributed by atoms with Crippen molar-refractivity contribution in [3.63, 3.8) is 0 Å². The number of aromatic carboxylic acids is 1. The summed E-state index contributed by atoms with van der Waals surface area (Å²) in [5, 5.41) is 9.09. The van der Waals surface area contributed by atoms with Gasteiger partial charge in [0.05, 0.1) is 0 Å². The molecule has 0 bridgehead atoms. The summed E-state index contributed by atoms with van der Waals surface area (Å²) in [6.07, 6.45) is 4.23. The smallest absolute Gasteiger partial charge is 0.410 e. The van der Waals surface area contributed by atoms with Crippen molar-refractivity contribution in [1.29, 1.82) is 0 Å². The highest BCUT2D eigenvalue weighted by Gasteiger charge is 2.28. The fourth-order valence-corrected chi connectivity index (χ4v) is 2.43. The van der Waals surface area contributed by atoms with E-state index < -0.39 is 11.6 Å². The number of piperidine rings is 1. The van der Waals surface area contributed by atoms with Gasteiger partial charge in [-0.25, -0.2) is 14.6 Å². The fourth-order valence-electron chi connectivity index (χ4n) is 2.43. The monoisotopic (exact) mass is 295 g/mol. The molecule has 1 amide bonds. The van der Waals surface area contributed by atoms with Gasteiger partial charge in [-0.2, -0.15) is 0 Å². The lowest BCUT2D eigenvalue weighted by molar-refractivity contribution is 0.0185. The van der Waals surface area contributed by atoms with E-state index in [1.165, 1.54) is 6.20 Å². The molecule has 0 unspecified atom stereocenters. The molecule has 0 aromatic carbocycles. The number of nitrogens with zero attached hydrogens (tertiary/aromatic N) is 3. The molecule has 116 valence electrons. The Morgan fingerprint density at radius 2 is 1.95 bits per heavy atom. The Labute approximate surface area is 123 Å². The maximum absolute atomic E-state index is 12.0. The van der Waals surface area contributed by atoms with E-state index in [4.69, 9.17) is 9.84 Å². The highest BCUT2D eigenvalue weighted by molar-refractivity contribution is 5.83. The summed E-state index contributed by atoms with van der Waals surface area (Å²) in [6.45, 7) is 6.61. The zero-order valence-corrected chi connectivity index (χ0v) is 12.6. The van der Waals surface area contributed by atoms with Gasteiger partial charge in [0.25, 0.3) is 0 Å². The molecule has 0 radical (unpaired) electrons. The minimum atomic E-state index is -1.03. The summed E-state index contributed by atoms with van der Waals surface area (Å²) in [7, 11) is 0. The first-order valence-electron chi connectivity index (χ1n) is 7.02. The van der Waals surface area contributed by atoms with Crippen molar-refractivity contribution in [2.24, 2.45) is 0 Å². The summed E-state index contributed by atoms with van der Waals surface area (Å²) in [5.41, 5.74) is -0.505. The Morgan fingerprint density at radius 1 is 1.33 bits per heavy atom. The molecule has 1 aromatic heterocycles. The lowest BCUT2D eigenvalue weighted by Gasteiger charge is -2.34. The minimum absolute atomic E-state index is 0.0470. The Balaban J connectivity index is 1.96. The zero-order valence-electron chi connectivity index (χ0n) is 12.6. The first-order chi connectivity index (χ1) is 9.78. The molecule has 0 aliphatic carbocycles. The number of ether oxygens (including phenoxy) is 1. The molecule has 1 aliphatic rings. The van der Waals surface area contributed by atoms with Gasteiger partial charge >= 0.3 is 12.1 Å². The van der Waals surface area contributed by atoms with E-state index in [9.17, 15) is 9.59 Å². The van der Waals surface area contributed by atoms with Gasteiger partial charge < -0.3 is 19.3 Å². The lowest BCUT2D eigenvalue weighted by Crippen LogP contribution is -2.42. The van der Waals surface area contributed by atoms with Gasteiger partial charge in [0, 0.05) is 31.5 Å². The van der Waals surface area contributed by atoms with Crippen molar-refractivity contribution in [2.45, 2.75) is 45.3 Å². The van der Waals surface area contributed by atoms with Crippen LogP contribution in [0, 0.1) is 0 Å². The standard InChI is InChI=1S/C14H21N3O4/c1-14(2,3)21-13(20)16-7-4-10(5-8-16)17-9-6-15-11(17)12(18)19/h6,9-10H,4-5,7-8H2,1-3H3,(H,18,19). The number of hydrogen-bond donors (Lipinski definition) is 1. The van der Waals surface area contributed by atoms with Crippen LogP contribution in [-0.4, -0.2) is 50.3 Å². The molecule has 2 rings (SSSR count). The van der Waals surface area contributed by atoms with Gasteiger partial charge in [-0.3, -0.25) is 0 Å². The maximum atomic E-state index is 12.0. The van der Waals surface area contributed by atoms with Crippen molar-refractivity contribution < 1.29 is 19.4 Å². The van der Waals surface area contributed by atoms with Gasteiger partial charge in [-0.15, -0.1) is 0 Å². The summed E-state index contributed by atoms with van der Waals surface area (Å²) < 4.78 is 7.01.